The number of hydrogen-bond donors (Lipinski definition) is 1. The van der Waals surface area contributed by atoms with Gasteiger partial charge in [0.2, 0.25) is 5.88 Å². The number of piperidine rings is 1. The molecule has 1 aliphatic heterocycles. The highest BCUT2D eigenvalue weighted by Crippen LogP contribution is 2.25. The van der Waals surface area contributed by atoms with E-state index in [2.05, 4.69) is 34.1 Å². The van der Waals surface area contributed by atoms with Crippen molar-refractivity contribution in [2.75, 3.05) is 37.8 Å². The monoisotopic (exact) mass is 458 g/mol. The van der Waals surface area contributed by atoms with Crippen molar-refractivity contribution in [1.82, 2.24) is 9.88 Å². The Morgan fingerprint density at radius 1 is 1.00 bits per heavy atom. The number of ketones is 1. The number of ether oxygens (including phenoxy) is 1. The average Bonchev–Trinajstić information content (AvgIpc) is 2.85. The largest absolute Gasteiger partial charge is 0.474 e. The normalized spacial score (nSPS) is 14.0. The lowest BCUT2D eigenvalue weighted by Gasteiger charge is -2.32. The number of aromatic nitrogens is 1. The van der Waals surface area contributed by atoms with E-state index >= 15 is 0 Å². The highest BCUT2D eigenvalue weighted by atomic mass is 16.5. The molecule has 1 saturated heterocycles. The molecule has 3 aromatic rings. The molecular formula is C27H30N4O3. The zero-order chi connectivity index (χ0) is 24.2. The molecule has 34 heavy (non-hydrogen) atoms. The Bertz CT molecular complexity index is 1170. The Balaban J connectivity index is 1.34. The molecule has 2 aromatic carbocycles. The van der Waals surface area contributed by atoms with E-state index in [9.17, 15) is 9.59 Å². The number of pyridine rings is 1. The Kier molecular flexibility index (Phi) is 6.82. The lowest BCUT2D eigenvalue weighted by molar-refractivity contribution is 0.0589. The van der Waals surface area contributed by atoms with Gasteiger partial charge in [-0.1, -0.05) is 12.1 Å². The van der Waals surface area contributed by atoms with Gasteiger partial charge in [-0.25, -0.2) is 4.98 Å². The van der Waals surface area contributed by atoms with E-state index in [0.29, 0.717) is 48.6 Å². The summed E-state index contributed by atoms with van der Waals surface area (Å²) in [7, 11) is 4.04. The van der Waals surface area contributed by atoms with Gasteiger partial charge < -0.3 is 20.3 Å². The molecule has 176 valence electrons. The molecule has 1 aliphatic rings. The van der Waals surface area contributed by atoms with E-state index < -0.39 is 0 Å². The van der Waals surface area contributed by atoms with Crippen molar-refractivity contribution in [2.45, 2.75) is 25.9 Å². The standard InChI is InChI=1S/C27H30N4O3/c1-18(32)20-6-10-25(28)24(16-20)27(33)31-14-12-23(13-15-31)34-26-11-7-21(17-29-26)19-4-8-22(9-5-19)30(2)3/h4-11,16-17,23H,12-15,28H2,1-3H3. The van der Waals surface area contributed by atoms with Gasteiger partial charge in [-0.05, 0) is 48.9 Å². The number of rotatable bonds is 6. The maximum absolute atomic E-state index is 13.0. The Labute approximate surface area is 200 Å². The molecule has 1 amide bonds. The Morgan fingerprint density at radius 3 is 2.26 bits per heavy atom. The third kappa shape index (κ3) is 5.20. The van der Waals surface area contributed by atoms with Crippen LogP contribution in [0.25, 0.3) is 11.1 Å². The van der Waals surface area contributed by atoms with E-state index in [1.54, 1.807) is 23.1 Å². The average molecular weight is 459 g/mol. The molecule has 0 unspecified atom stereocenters. The van der Waals surface area contributed by atoms with Gasteiger partial charge in [-0.15, -0.1) is 0 Å². The third-order valence-corrected chi connectivity index (χ3v) is 6.16. The van der Waals surface area contributed by atoms with Crippen molar-refractivity contribution in [2.24, 2.45) is 0 Å². The van der Waals surface area contributed by atoms with Crippen LogP contribution in [0.3, 0.4) is 0 Å². The smallest absolute Gasteiger partial charge is 0.255 e. The van der Waals surface area contributed by atoms with Gasteiger partial charge >= 0.3 is 0 Å². The first-order chi connectivity index (χ1) is 16.3. The van der Waals surface area contributed by atoms with E-state index in [-0.39, 0.29) is 17.8 Å². The number of benzene rings is 2. The molecule has 1 fully saturated rings. The number of carbonyl (C=O) groups excluding carboxylic acids is 2. The summed E-state index contributed by atoms with van der Waals surface area (Å²) in [4.78, 5) is 33.0. The van der Waals surface area contributed by atoms with E-state index in [1.807, 2.05) is 32.4 Å². The van der Waals surface area contributed by atoms with Gasteiger partial charge in [-0.3, -0.25) is 9.59 Å². The fourth-order valence-electron chi connectivity index (χ4n) is 4.05. The SMILES string of the molecule is CC(=O)c1ccc(N)c(C(=O)N2CCC(Oc3ccc(-c4ccc(N(C)C)cc4)cn3)CC2)c1. The van der Waals surface area contributed by atoms with Gasteiger partial charge in [0.15, 0.2) is 5.78 Å². The van der Waals surface area contributed by atoms with Crippen LogP contribution in [-0.2, 0) is 0 Å². The summed E-state index contributed by atoms with van der Waals surface area (Å²) in [6.07, 6.45) is 3.22. The highest BCUT2D eigenvalue weighted by Gasteiger charge is 2.26. The van der Waals surface area contributed by atoms with Gasteiger partial charge in [0, 0.05) is 74.8 Å². The van der Waals surface area contributed by atoms with Crippen LogP contribution < -0.4 is 15.4 Å². The molecule has 2 N–H and O–H groups in total. The number of likely N-dealkylation sites (tertiary alicyclic amines) is 1. The fraction of sp³-hybridized carbons (Fsp3) is 0.296. The minimum Gasteiger partial charge on any atom is -0.474 e. The summed E-state index contributed by atoms with van der Waals surface area (Å²) in [6.45, 7) is 2.59. The van der Waals surface area contributed by atoms with E-state index in [4.69, 9.17) is 10.5 Å². The zero-order valence-electron chi connectivity index (χ0n) is 19.8. The summed E-state index contributed by atoms with van der Waals surface area (Å²) in [5.41, 5.74) is 10.5. The van der Waals surface area contributed by atoms with Crippen LogP contribution in [0.15, 0.2) is 60.8 Å². The summed E-state index contributed by atoms with van der Waals surface area (Å²) in [6, 6.07) is 17.1. The first-order valence-electron chi connectivity index (χ1n) is 11.4. The van der Waals surface area contributed by atoms with Crippen LogP contribution >= 0.6 is 0 Å². The molecule has 0 aliphatic carbocycles. The van der Waals surface area contributed by atoms with E-state index in [0.717, 1.165) is 16.8 Å². The van der Waals surface area contributed by atoms with Crippen LogP contribution in [0, 0.1) is 0 Å². The number of nitrogens with zero attached hydrogens (tertiary/aromatic N) is 3. The predicted octanol–water partition coefficient (Wildman–Crippen LogP) is 4.28. The van der Waals surface area contributed by atoms with Crippen molar-refractivity contribution < 1.29 is 14.3 Å². The van der Waals surface area contributed by atoms with Crippen molar-refractivity contribution in [3.05, 3.63) is 71.9 Å². The zero-order valence-corrected chi connectivity index (χ0v) is 19.8. The summed E-state index contributed by atoms with van der Waals surface area (Å²) < 4.78 is 6.08. The molecule has 0 bridgehead atoms. The van der Waals surface area contributed by atoms with Crippen LogP contribution in [0.2, 0.25) is 0 Å². The molecule has 1 aromatic heterocycles. The molecule has 4 rings (SSSR count). The first-order valence-corrected chi connectivity index (χ1v) is 11.4. The minimum atomic E-state index is -0.151. The second kappa shape index (κ2) is 9.95. The topological polar surface area (TPSA) is 88.8 Å². The number of nitrogen functional groups attached to an aromatic ring is 1. The number of carbonyl (C=O) groups is 2. The van der Waals surface area contributed by atoms with Crippen LogP contribution in [0.5, 0.6) is 5.88 Å². The van der Waals surface area contributed by atoms with Gasteiger partial charge in [0.05, 0.1) is 5.56 Å². The lowest BCUT2D eigenvalue weighted by Crippen LogP contribution is -2.42. The third-order valence-electron chi connectivity index (χ3n) is 6.16. The molecular weight excluding hydrogens is 428 g/mol. The summed E-state index contributed by atoms with van der Waals surface area (Å²) in [5, 5.41) is 0. The molecule has 0 radical (unpaired) electrons. The summed E-state index contributed by atoms with van der Waals surface area (Å²) >= 11 is 0. The second-order valence-corrected chi connectivity index (χ2v) is 8.79. The number of amides is 1. The summed E-state index contributed by atoms with van der Waals surface area (Å²) in [5.74, 6) is 0.337. The quantitative estimate of drug-likeness (QED) is 0.438. The van der Waals surface area contributed by atoms with Gasteiger partial charge in [-0.2, -0.15) is 0 Å². The maximum Gasteiger partial charge on any atom is 0.255 e. The molecule has 0 atom stereocenters. The van der Waals surface area contributed by atoms with Crippen molar-refractivity contribution >= 4 is 23.1 Å². The maximum atomic E-state index is 13.0. The van der Waals surface area contributed by atoms with E-state index in [1.165, 1.54) is 6.92 Å². The van der Waals surface area contributed by atoms with Crippen LogP contribution in [-0.4, -0.2) is 54.9 Å². The number of nitrogens with two attached hydrogens (primary N) is 1. The van der Waals surface area contributed by atoms with Crippen molar-refractivity contribution in [3.63, 3.8) is 0 Å². The minimum absolute atomic E-state index is 0.0114. The van der Waals surface area contributed by atoms with Crippen LogP contribution in [0.4, 0.5) is 11.4 Å². The molecule has 7 heteroatoms. The van der Waals surface area contributed by atoms with Crippen LogP contribution in [0.1, 0.15) is 40.5 Å². The van der Waals surface area contributed by atoms with Crippen molar-refractivity contribution in [1.29, 1.82) is 0 Å². The van der Waals surface area contributed by atoms with Crippen molar-refractivity contribution in [3.8, 4) is 17.0 Å². The Morgan fingerprint density at radius 2 is 1.68 bits per heavy atom. The highest BCUT2D eigenvalue weighted by molar-refractivity contribution is 6.03. The lowest BCUT2D eigenvalue weighted by atomic mass is 10.0. The second-order valence-electron chi connectivity index (χ2n) is 8.79. The molecule has 2 heterocycles. The van der Waals surface area contributed by atoms with Gasteiger partial charge in [0.1, 0.15) is 6.10 Å². The Hall–Kier alpha value is -3.87. The first kappa shape index (κ1) is 23.3. The fourth-order valence-corrected chi connectivity index (χ4v) is 4.05. The molecule has 0 spiro atoms. The molecule has 0 saturated carbocycles. The van der Waals surface area contributed by atoms with Gasteiger partial charge in [0.25, 0.3) is 5.91 Å². The number of anilines is 2. The molecule has 7 nitrogen and oxygen atoms in total. The predicted molar refractivity (Wildman–Crippen MR) is 134 cm³/mol. The number of Topliss-reactive ketones (excluding diaryl/α,β-unsaturated/α-hetero) is 1. The number of hydrogen-bond acceptors (Lipinski definition) is 6.